The quantitative estimate of drug-likeness (QED) is 0.835. The Kier molecular flexibility index (Phi) is 6.75. The molecule has 2 heterocycles. The van der Waals surface area contributed by atoms with Gasteiger partial charge < -0.3 is 15.4 Å². The van der Waals surface area contributed by atoms with Gasteiger partial charge in [0.05, 0.1) is 0 Å². The van der Waals surface area contributed by atoms with E-state index in [1.807, 2.05) is 19.9 Å². The number of amides is 1. The molecule has 0 spiro atoms. The van der Waals surface area contributed by atoms with Crippen molar-refractivity contribution >= 4 is 18.3 Å². The summed E-state index contributed by atoms with van der Waals surface area (Å²) in [5, 5.41) is 6.81. The number of hydrogen-bond donors (Lipinski definition) is 2. The van der Waals surface area contributed by atoms with Crippen LogP contribution in [-0.4, -0.2) is 30.1 Å². The van der Waals surface area contributed by atoms with Crippen molar-refractivity contribution in [3.8, 4) is 5.75 Å². The van der Waals surface area contributed by atoms with Crippen LogP contribution in [0, 0.1) is 6.92 Å². The van der Waals surface area contributed by atoms with E-state index in [2.05, 4.69) is 36.6 Å². The minimum Gasteiger partial charge on any atom is -0.481 e. The number of rotatable bonds is 5. The predicted molar refractivity (Wildman–Crippen MR) is 104 cm³/mol. The molecule has 1 aromatic rings. The molecule has 3 atom stereocenters. The molecule has 2 N–H and O–H groups in total. The molecule has 0 aromatic heterocycles. The number of fused-ring (bicyclic) bond motifs is 2. The Morgan fingerprint density at radius 2 is 1.84 bits per heavy atom. The highest BCUT2D eigenvalue weighted by Gasteiger charge is 2.34. The second kappa shape index (κ2) is 8.41. The number of aryl methyl sites for hydroxylation is 1. The topological polar surface area (TPSA) is 50.4 Å². The average Bonchev–Trinajstić information content (AvgIpc) is 2.85. The number of nitrogens with one attached hydrogen (secondary N) is 2. The largest absolute Gasteiger partial charge is 0.481 e. The molecule has 2 saturated heterocycles. The van der Waals surface area contributed by atoms with Gasteiger partial charge in [-0.15, -0.1) is 12.4 Å². The highest BCUT2D eigenvalue weighted by molar-refractivity contribution is 5.85. The fourth-order valence-electron chi connectivity index (χ4n) is 3.96. The molecule has 140 valence electrons. The van der Waals surface area contributed by atoms with E-state index in [9.17, 15) is 4.79 Å². The van der Waals surface area contributed by atoms with Gasteiger partial charge in [0.15, 0.2) is 6.10 Å². The molecule has 2 aliphatic rings. The van der Waals surface area contributed by atoms with Gasteiger partial charge in [-0.2, -0.15) is 0 Å². The molecule has 0 radical (unpaired) electrons. The highest BCUT2D eigenvalue weighted by atomic mass is 35.5. The van der Waals surface area contributed by atoms with Crippen LogP contribution in [0.3, 0.4) is 0 Å². The number of halogens is 1. The van der Waals surface area contributed by atoms with Crippen molar-refractivity contribution in [3.05, 3.63) is 29.3 Å². The van der Waals surface area contributed by atoms with Crippen molar-refractivity contribution in [2.75, 3.05) is 0 Å². The molecule has 4 nitrogen and oxygen atoms in total. The van der Waals surface area contributed by atoms with Crippen LogP contribution in [0.25, 0.3) is 0 Å². The van der Waals surface area contributed by atoms with Gasteiger partial charge in [-0.1, -0.05) is 26.0 Å². The van der Waals surface area contributed by atoms with Crippen LogP contribution in [0.4, 0.5) is 0 Å². The summed E-state index contributed by atoms with van der Waals surface area (Å²) in [6.45, 7) is 8.18. The lowest BCUT2D eigenvalue weighted by Gasteiger charge is -2.30. The van der Waals surface area contributed by atoms with E-state index in [1.54, 1.807) is 0 Å². The Morgan fingerprint density at radius 3 is 2.44 bits per heavy atom. The zero-order valence-electron chi connectivity index (χ0n) is 15.7. The van der Waals surface area contributed by atoms with Gasteiger partial charge in [0.2, 0.25) is 0 Å². The molecule has 0 saturated carbocycles. The summed E-state index contributed by atoms with van der Waals surface area (Å²) in [7, 11) is 0. The van der Waals surface area contributed by atoms with Crippen molar-refractivity contribution in [1.29, 1.82) is 0 Å². The zero-order valence-corrected chi connectivity index (χ0v) is 16.5. The third-order valence-corrected chi connectivity index (χ3v) is 5.28. The smallest absolute Gasteiger partial charge is 0.260 e. The Balaban J connectivity index is 0.00000225. The Bertz CT molecular complexity index is 593. The molecular formula is C20H31ClN2O2. The first-order chi connectivity index (χ1) is 11.4. The predicted octanol–water partition coefficient (Wildman–Crippen LogP) is 3.71. The minimum atomic E-state index is -0.475. The van der Waals surface area contributed by atoms with E-state index >= 15 is 0 Å². The maximum atomic E-state index is 12.6. The molecular weight excluding hydrogens is 336 g/mol. The third kappa shape index (κ3) is 4.89. The first kappa shape index (κ1) is 20.1. The van der Waals surface area contributed by atoms with Crippen LogP contribution in [0.15, 0.2) is 18.2 Å². The standard InChI is InChI=1S/C20H30N2O2.ClH/c1-12(2)18-8-5-13(3)9-19(18)24-14(4)20(23)22-17-10-15-6-7-16(11-17)21-15;/h5,8-9,12,14-17,21H,6-7,10-11H2,1-4H3,(H,22,23);1H. The van der Waals surface area contributed by atoms with E-state index in [0.29, 0.717) is 18.0 Å². The maximum Gasteiger partial charge on any atom is 0.260 e. The van der Waals surface area contributed by atoms with Gasteiger partial charge in [-0.25, -0.2) is 0 Å². The molecule has 1 amide bonds. The maximum absolute atomic E-state index is 12.6. The lowest BCUT2D eigenvalue weighted by molar-refractivity contribution is -0.128. The van der Waals surface area contributed by atoms with E-state index in [1.165, 1.54) is 12.8 Å². The van der Waals surface area contributed by atoms with Gasteiger partial charge in [0.1, 0.15) is 5.75 Å². The van der Waals surface area contributed by atoms with Crippen molar-refractivity contribution in [3.63, 3.8) is 0 Å². The Hall–Kier alpha value is -1.26. The SMILES string of the molecule is Cc1ccc(C(C)C)c(OC(C)C(=O)NC2CC3CCC(C2)N3)c1.Cl. The summed E-state index contributed by atoms with van der Waals surface area (Å²) in [6, 6.07) is 7.67. The van der Waals surface area contributed by atoms with Crippen molar-refractivity contribution in [2.45, 2.75) is 83.5 Å². The Morgan fingerprint density at radius 1 is 1.20 bits per heavy atom. The van der Waals surface area contributed by atoms with E-state index in [-0.39, 0.29) is 24.4 Å². The van der Waals surface area contributed by atoms with Gasteiger partial charge in [0, 0.05) is 18.1 Å². The Labute approximate surface area is 157 Å². The van der Waals surface area contributed by atoms with E-state index in [4.69, 9.17) is 4.74 Å². The summed E-state index contributed by atoms with van der Waals surface area (Å²) in [6.07, 6.45) is 4.08. The fraction of sp³-hybridized carbons (Fsp3) is 0.650. The van der Waals surface area contributed by atoms with Gasteiger partial charge in [-0.3, -0.25) is 4.79 Å². The van der Waals surface area contributed by atoms with E-state index in [0.717, 1.165) is 29.7 Å². The lowest BCUT2D eigenvalue weighted by atomic mass is 9.99. The van der Waals surface area contributed by atoms with Gasteiger partial charge in [0.25, 0.3) is 5.91 Å². The van der Waals surface area contributed by atoms with Crippen molar-refractivity contribution in [1.82, 2.24) is 10.6 Å². The number of piperidine rings is 1. The van der Waals surface area contributed by atoms with Gasteiger partial charge in [-0.05, 0) is 62.6 Å². The first-order valence-corrected chi connectivity index (χ1v) is 9.26. The number of benzene rings is 1. The molecule has 0 aliphatic carbocycles. The summed E-state index contributed by atoms with van der Waals surface area (Å²) in [4.78, 5) is 12.6. The molecule has 3 rings (SSSR count). The van der Waals surface area contributed by atoms with Crippen LogP contribution in [0.2, 0.25) is 0 Å². The highest BCUT2D eigenvalue weighted by Crippen LogP contribution is 2.29. The number of carbonyl (C=O) groups excluding carboxylic acids is 1. The molecule has 3 unspecified atom stereocenters. The fourth-order valence-corrected chi connectivity index (χ4v) is 3.96. The lowest BCUT2D eigenvalue weighted by Crippen LogP contribution is -2.50. The summed E-state index contributed by atoms with van der Waals surface area (Å²) >= 11 is 0. The van der Waals surface area contributed by atoms with Gasteiger partial charge >= 0.3 is 0 Å². The molecule has 2 fully saturated rings. The van der Waals surface area contributed by atoms with Crippen molar-refractivity contribution < 1.29 is 9.53 Å². The second-order valence-corrected chi connectivity index (χ2v) is 7.77. The molecule has 2 aliphatic heterocycles. The minimum absolute atomic E-state index is 0. The number of hydrogen-bond acceptors (Lipinski definition) is 3. The summed E-state index contributed by atoms with van der Waals surface area (Å²) in [5.74, 6) is 1.20. The second-order valence-electron chi connectivity index (χ2n) is 7.77. The first-order valence-electron chi connectivity index (χ1n) is 9.26. The number of ether oxygens (including phenoxy) is 1. The summed E-state index contributed by atoms with van der Waals surface area (Å²) in [5.41, 5.74) is 2.30. The van der Waals surface area contributed by atoms with Crippen LogP contribution in [0.1, 0.15) is 63.5 Å². The van der Waals surface area contributed by atoms with Crippen molar-refractivity contribution in [2.24, 2.45) is 0 Å². The van der Waals surface area contributed by atoms with Crippen LogP contribution >= 0.6 is 12.4 Å². The van der Waals surface area contributed by atoms with E-state index < -0.39 is 6.10 Å². The monoisotopic (exact) mass is 366 g/mol. The zero-order chi connectivity index (χ0) is 17.3. The average molecular weight is 367 g/mol. The third-order valence-electron chi connectivity index (χ3n) is 5.28. The normalized spacial score (nSPS) is 26.0. The number of carbonyl (C=O) groups is 1. The van der Waals surface area contributed by atoms with Crippen LogP contribution in [0.5, 0.6) is 5.75 Å². The molecule has 2 bridgehead atoms. The molecule has 1 aromatic carbocycles. The molecule has 25 heavy (non-hydrogen) atoms. The molecule has 5 heteroatoms. The summed E-state index contributed by atoms with van der Waals surface area (Å²) < 4.78 is 6.03. The van der Waals surface area contributed by atoms with Crippen LogP contribution in [-0.2, 0) is 4.79 Å². The van der Waals surface area contributed by atoms with Crippen LogP contribution < -0.4 is 15.4 Å².